The summed E-state index contributed by atoms with van der Waals surface area (Å²) in [6.45, 7) is 1.81. The van der Waals surface area contributed by atoms with Crippen LogP contribution in [0.25, 0.3) is 0 Å². The fraction of sp³-hybridized carbons (Fsp3) is 0.174. The Kier molecular flexibility index (Phi) is 6.79. The molecule has 9 nitrogen and oxygen atoms in total. The lowest BCUT2D eigenvalue weighted by atomic mass is 10.1. The molecule has 1 aromatic carbocycles. The number of allylic oxidation sites excluding steroid dienone is 2. The predicted molar refractivity (Wildman–Crippen MR) is 113 cm³/mol. The number of aromatic carboxylic acids is 1. The fourth-order valence-corrected chi connectivity index (χ4v) is 3.01. The van der Waals surface area contributed by atoms with Crippen LogP contribution in [-0.4, -0.2) is 37.2 Å². The van der Waals surface area contributed by atoms with E-state index < -0.39 is 17.9 Å². The minimum atomic E-state index is -1.18. The first kappa shape index (κ1) is 22.4. The lowest BCUT2D eigenvalue weighted by Gasteiger charge is -2.25. The molecule has 3 rings (SSSR count). The van der Waals surface area contributed by atoms with Crippen LogP contribution in [0.1, 0.15) is 21.9 Å². The molecule has 9 heteroatoms. The Morgan fingerprint density at radius 3 is 2.44 bits per heavy atom. The molecule has 1 aromatic heterocycles. The first-order chi connectivity index (χ1) is 15.3. The number of carbonyl (C=O) groups excluding carboxylic acids is 2. The molecular weight excluding hydrogens is 418 g/mol. The number of furan rings is 1. The highest BCUT2D eigenvalue weighted by molar-refractivity contribution is 6.05. The van der Waals surface area contributed by atoms with Gasteiger partial charge in [0.15, 0.2) is 0 Å². The quantitative estimate of drug-likeness (QED) is 0.648. The van der Waals surface area contributed by atoms with Crippen molar-refractivity contribution in [2.75, 3.05) is 19.1 Å². The third-order valence-corrected chi connectivity index (χ3v) is 4.51. The third-order valence-electron chi connectivity index (χ3n) is 4.51. The Labute approximate surface area is 183 Å². The van der Waals surface area contributed by atoms with Gasteiger partial charge in [-0.05, 0) is 48.9 Å². The maximum Gasteiger partial charge on any atom is 0.371 e. The van der Waals surface area contributed by atoms with E-state index in [1.807, 2.05) is 13.0 Å². The van der Waals surface area contributed by atoms with Gasteiger partial charge in [-0.1, -0.05) is 12.1 Å². The van der Waals surface area contributed by atoms with Crippen molar-refractivity contribution >= 4 is 23.6 Å². The molecule has 0 radical (unpaired) electrons. The van der Waals surface area contributed by atoms with Crippen molar-refractivity contribution in [2.24, 2.45) is 0 Å². The molecule has 1 aliphatic heterocycles. The minimum absolute atomic E-state index is 0.00828. The van der Waals surface area contributed by atoms with Gasteiger partial charge >= 0.3 is 17.9 Å². The van der Waals surface area contributed by atoms with E-state index in [9.17, 15) is 14.4 Å². The molecule has 0 fully saturated rings. The molecule has 0 unspecified atom stereocenters. The Morgan fingerprint density at radius 1 is 1.03 bits per heavy atom. The second-order valence-corrected chi connectivity index (χ2v) is 6.65. The van der Waals surface area contributed by atoms with Crippen molar-refractivity contribution in [3.8, 4) is 5.75 Å². The van der Waals surface area contributed by atoms with E-state index in [-0.39, 0.29) is 23.6 Å². The highest BCUT2D eigenvalue weighted by atomic mass is 16.5. The highest BCUT2D eigenvalue weighted by Crippen LogP contribution is 2.35. The van der Waals surface area contributed by atoms with E-state index >= 15 is 0 Å². The number of benzene rings is 1. The molecule has 2 aromatic rings. The van der Waals surface area contributed by atoms with Gasteiger partial charge in [0, 0.05) is 6.20 Å². The number of hydrogen-bond acceptors (Lipinski definition) is 8. The molecule has 0 amide bonds. The summed E-state index contributed by atoms with van der Waals surface area (Å²) in [5.41, 5.74) is 1.28. The third kappa shape index (κ3) is 4.72. The van der Waals surface area contributed by atoms with Crippen LogP contribution in [0.15, 0.2) is 70.4 Å². The van der Waals surface area contributed by atoms with Gasteiger partial charge in [0.25, 0.3) is 0 Å². The number of esters is 2. The van der Waals surface area contributed by atoms with E-state index in [2.05, 4.69) is 0 Å². The molecule has 2 heterocycles. The van der Waals surface area contributed by atoms with Crippen LogP contribution in [0, 0.1) is 6.92 Å². The molecule has 1 N–H and O–H groups in total. The molecule has 1 aliphatic rings. The van der Waals surface area contributed by atoms with E-state index in [4.69, 9.17) is 23.7 Å². The summed E-state index contributed by atoms with van der Waals surface area (Å²) in [6.07, 6.45) is 6.30. The van der Waals surface area contributed by atoms with Crippen molar-refractivity contribution in [3.05, 3.63) is 83.1 Å². The number of anilines is 1. The second kappa shape index (κ2) is 9.69. The number of rotatable bonds is 7. The molecule has 0 bridgehead atoms. The van der Waals surface area contributed by atoms with Crippen LogP contribution in [0.5, 0.6) is 5.75 Å². The van der Waals surface area contributed by atoms with E-state index in [0.717, 1.165) is 5.56 Å². The van der Waals surface area contributed by atoms with E-state index in [1.165, 1.54) is 37.3 Å². The first-order valence-corrected chi connectivity index (χ1v) is 9.46. The standard InChI is InChI=1S/C23H21NO8/c1-14-7-9-18(31-13-15-8-10-19(32-15)21(25)26)17(12-14)24-11-5-4-6-16(22(27)29-2)20(24)23(28)30-3/h4-12H,13H2,1-3H3,(H,25,26). The Hall–Kier alpha value is -4.27. The average Bonchev–Trinajstić information content (AvgIpc) is 3.16. The lowest BCUT2D eigenvalue weighted by Crippen LogP contribution is -2.27. The van der Waals surface area contributed by atoms with Crippen molar-refractivity contribution in [2.45, 2.75) is 13.5 Å². The summed E-state index contributed by atoms with van der Waals surface area (Å²) in [4.78, 5) is 37.5. The Balaban J connectivity index is 2.04. The van der Waals surface area contributed by atoms with Gasteiger partial charge < -0.3 is 28.6 Å². The number of carboxylic acids is 1. The van der Waals surface area contributed by atoms with Gasteiger partial charge in [-0.15, -0.1) is 0 Å². The zero-order chi connectivity index (χ0) is 23.3. The average molecular weight is 439 g/mol. The molecule has 0 saturated carbocycles. The normalized spacial score (nSPS) is 13.0. The number of carboxylic acid groups (broad SMARTS) is 1. The van der Waals surface area contributed by atoms with Crippen LogP contribution in [0.4, 0.5) is 5.69 Å². The van der Waals surface area contributed by atoms with Crippen LogP contribution in [-0.2, 0) is 25.7 Å². The minimum Gasteiger partial charge on any atom is -0.483 e. The van der Waals surface area contributed by atoms with Crippen LogP contribution < -0.4 is 9.64 Å². The second-order valence-electron chi connectivity index (χ2n) is 6.65. The number of aryl methyl sites for hydroxylation is 1. The number of hydrogen-bond donors (Lipinski definition) is 1. The number of methoxy groups -OCH3 is 2. The van der Waals surface area contributed by atoms with E-state index in [0.29, 0.717) is 17.2 Å². The molecule has 166 valence electrons. The summed E-state index contributed by atoms with van der Waals surface area (Å²) < 4.78 is 20.9. The fourth-order valence-electron chi connectivity index (χ4n) is 3.01. The van der Waals surface area contributed by atoms with Gasteiger partial charge in [-0.25, -0.2) is 14.4 Å². The monoisotopic (exact) mass is 439 g/mol. The van der Waals surface area contributed by atoms with Gasteiger partial charge in [-0.2, -0.15) is 0 Å². The summed E-state index contributed by atoms with van der Waals surface area (Å²) in [7, 11) is 2.43. The maximum absolute atomic E-state index is 12.7. The van der Waals surface area contributed by atoms with Crippen LogP contribution >= 0.6 is 0 Å². The molecule has 0 atom stereocenters. The van der Waals surface area contributed by atoms with Crippen LogP contribution in [0.3, 0.4) is 0 Å². The molecule has 0 saturated heterocycles. The first-order valence-electron chi connectivity index (χ1n) is 9.46. The maximum atomic E-state index is 12.7. The van der Waals surface area contributed by atoms with Gasteiger partial charge in [0.05, 0.1) is 25.5 Å². The Morgan fingerprint density at radius 2 is 1.78 bits per heavy atom. The number of nitrogens with zero attached hydrogens (tertiary/aromatic N) is 1. The zero-order valence-electron chi connectivity index (χ0n) is 17.7. The Bertz CT molecular complexity index is 1140. The van der Waals surface area contributed by atoms with Crippen molar-refractivity contribution < 1.29 is 38.1 Å². The van der Waals surface area contributed by atoms with E-state index in [1.54, 1.807) is 30.5 Å². The number of ether oxygens (including phenoxy) is 3. The molecular formula is C23H21NO8. The molecule has 0 spiro atoms. The number of carbonyl (C=O) groups is 3. The predicted octanol–water partition coefficient (Wildman–Crippen LogP) is 3.36. The van der Waals surface area contributed by atoms with Gasteiger partial charge in [0.1, 0.15) is 23.8 Å². The van der Waals surface area contributed by atoms with Crippen molar-refractivity contribution in [3.63, 3.8) is 0 Å². The highest BCUT2D eigenvalue weighted by Gasteiger charge is 2.29. The van der Waals surface area contributed by atoms with Crippen molar-refractivity contribution in [1.29, 1.82) is 0 Å². The lowest BCUT2D eigenvalue weighted by molar-refractivity contribution is -0.139. The summed E-state index contributed by atoms with van der Waals surface area (Å²) in [5, 5.41) is 9.01. The van der Waals surface area contributed by atoms with Gasteiger partial charge in [0.2, 0.25) is 5.76 Å². The summed E-state index contributed by atoms with van der Waals surface area (Å²) in [6, 6.07) is 8.12. The summed E-state index contributed by atoms with van der Waals surface area (Å²) in [5.74, 6) is -2.17. The molecule has 0 aliphatic carbocycles. The van der Waals surface area contributed by atoms with Crippen LogP contribution in [0.2, 0.25) is 0 Å². The smallest absolute Gasteiger partial charge is 0.371 e. The summed E-state index contributed by atoms with van der Waals surface area (Å²) >= 11 is 0. The van der Waals surface area contributed by atoms with Crippen molar-refractivity contribution in [1.82, 2.24) is 0 Å². The zero-order valence-corrected chi connectivity index (χ0v) is 17.7. The molecule has 32 heavy (non-hydrogen) atoms. The topological polar surface area (TPSA) is 116 Å². The largest absolute Gasteiger partial charge is 0.483 e. The van der Waals surface area contributed by atoms with Gasteiger partial charge in [-0.3, -0.25) is 0 Å². The SMILES string of the molecule is COC(=O)C1=C(C(=O)OC)N(c2cc(C)ccc2OCc2ccc(C(=O)O)o2)C=CC=C1.